The minimum Gasteiger partial charge on any atom is -0.458 e. The fourth-order valence-corrected chi connectivity index (χ4v) is 2.49. The van der Waals surface area contributed by atoms with Crippen molar-refractivity contribution < 1.29 is 9.52 Å². The van der Waals surface area contributed by atoms with Crippen LogP contribution >= 0.6 is 0 Å². The van der Waals surface area contributed by atoms with E-state index in [0.717, 1.165) is 22.1 Å². The first-order valence-corrected chi connectivity index (χ1v) is 7.23. The minimum absolute atomic E-state index is 0.249. The van der Waals surface area contributed by atoms with Crippen molar-refractivity contribution in [2.45, 2.75) is 26.9 Å². The highest BCUT2D eigenvalue weighted by Gasteiger charge is 2.27. The summed E-state index contributed by atoms with van der Waals surface area (Å²) in [5.41, 5.74) is 2.76. The van der Waals surface area contributed by atoms with E-state index in [0.29, 0.717) is 5.76 Å². The Kier molecular flexibility index (Phi) is 3.34. The summed E-state index contributed by atoms with van der Waals surface area (Å²) >= 11 is 0. The molecule has 3 aromatic rings. The monoisotopic (exact) mass is 280 g/mol. The van der Waals surface area contributed by atoms with E-state index in [-0.39, 0.29) is 5.41 Å². The molecule has 0 fully saturated rings. The summed E-state index contributed by atoms with van der Waals surface area (Å²) < 4.78 is 5.99. The number of rotatable bonds is 2. The third-order valence-electron chi connectivity index (χ3n) is 3.74. The average molecular weight is 280 g/mol. The van der Waals surface area contributed by atoms with Crippen molar-refractivity contribution in [3.05, 3.63) is 60.4 Å². The van der Waals surface area contributed by atoms with Crippen LogP contribution in [0.1, 0.15) is 32.6 Å². The van der Waals surface area contributed by atoms with Gasteiger partial charge in [0.15, 0.2) is 0 Å². The Morgan fingerprint density at radius 3 is 2.33 bits per heavy atom. The van der Waals surface area contributed by atoms with Crippen LogP contribution in [0.15, 0.2) is 59.0 Å². The molecule has 1 N–H and O–H groups in total. The number of benzene rings is 2. The first-order chi connectivity index (χ1) is 9.97. The molecule has 108 valence electrons. The molecule has 1 atom stereocenters. The van der Waals surface area contributed by atoms with E-state index in [1.54, 1.807) is 0 Å². The molecule has 0 amide bonds. The Labute approximate surface area is 125 Å². The van der Waals surface area contributed by atoms with Crippen molar-refractivity contribution >= 4 is 11.0 Å². The van der Waals surface area contributed by atoms with Gasteiger partial charge in [-0.15, -0.1) is 0 Å². The van der Waals surface area contributed by atoms with E-state index in [4.69, 9.17) is 4.42 Å². The normalized spacial score (nSPS) is 13.5. The van der Waals surface area contributed by atoms with Gasteiger partial charge in [0.1, 0.15) is 17.4 Å². The van der Waals surface area contributed by atoms with Gasteiger partial charge in [-0.05, 0) is 17.0 Å². The third-order valence-corrected chi connectivity index (χ3v) is 3.74. The molecular weight excluding hydrogens is 260 g/mol. The summed E-state index contributed by atoms with van der Waals surface area (Å²) in [6, 6.07) is 18.2. The van der Waals surface area contributed by atoms with Gasteiger partial charge in [-0.1, -0.05) is 69.3 Å². The van der Waals surface area contributed by atoms with Crippen LogP contribution in [-0.4, -0.2) is 5.11 Å². The standard InChI is InChI=1S/C19H20O2/c1-19(2,3)18(20)16-12-14-10-7-11-15(17(14)21-16)13-8-5-4-6-9-13/h4-12,18,20H,1-3H3. The van der Waals surface area contributed by atoms with Crippen LogP contribution in [0.25, 0.3) is 22.1 Å². The van der Waals surface area contributed by atoms with Gasteiger partial charge in [0.05, 0.1) is 0 Å². The van der Waals surface area contributed by atoms with Crippen molar-refractivity contribution in [1.82, 2.24) is 0 Å². The van der Waals surface area contributed by atoms with Gasteiger partial charge in [-0.2, -0.15) is 0 Å². The Hall–Kier alpha value is -2.06. The number of hydrogen-bond donors (Lipinski definition) is 1. The highest BCUT2D eigenvalue weighted by molar-refractivity contribution is 5.92. The molecule has 0 spiro atoms. The van der Waals surface area contributed by atoms with E-state index in [2.05, 4.69) is 18.2 Å². The molecule has 0 bridgehead atoms. The van der Waals surface area contributed by atoms with Crippen molar-refractivity contribution in [3.63, 3.8) is 0 Å². The molecule has 21 heavy (non-hydrogen) atoms. The Balaban J connectivity index is 2.15. The van der Waals surface area contributed by atoms with Gasteiger partial charge < -0.3 is 9.52 Å². The van der Waals surface area contributed by atoms with E-state index in [1.165, 1.54) is 0 Å². The predicted molar refractivity (Wildman–Crippen MR) is 86.1 cm³/mol. The first kappa shape index (κ1) is 13.9. The maximum Gasteiger partial charge on any atom is 0.142 e. The van der Waals surface area contributed by atoms with E-state index in [1.807, 2.05) is 57.2 Å². The number of fused-ring (bicyclic) bond motifs is 1. The molecule has 1 heterocycles. The van der Waals surface area contributed by atoms with Crippen LogP contribution in [0.4, 0.5) is 0 Å². The van der Waals surface area contributed by atoms with Crippen LogP contribution in [0, 0.1) is 5.41 Å². The van der Waals surface area contributed by atoms with Gasteiger partial charge in [0.25, 0.3) is 0 Å². The molecule has 1 aromatic heterocycles. The lowest BCUT2D eigenvalue weighted by Gasteiger charge is -2.23. The van der Waals surface area contributed by atoms with Gasteiger partial charge in [-0.25, -0.2) is 0 Å². The predicted octanol–water partition coefficient (Wildman–Crippen LogP) is 5.18. The van der Waals surface area contributed by atoms with Gasteiger partial charge in [0, 0.05) is 10.9 Å². The summed E-state index contributed by atoms with van der Waals surface area (Å²) in [4.78, 5) is 0. The SMILES string of the molecule is CC(C)(C)C(O)c1cc2cccc(-c3ccccc3)c2o1. The summed E-state index contributed by atoms with van der Waals surface area (Å²) in [6.07, 6.45) is -0.617. The molecule has 0 aliphatic rings. The highest BCUT2D eigenvalue weighted by Crippen LogP contribution is 2.38. The molecule has 2 aromatic carbocycles. The zero-order chi connectivity index (χ0) is 15.0. The Morgan fingerprint density at radius 1 is 0.952 bits per heavy atom. The molecule has 0 aliphatic carbocycles. The van der Waals surface area contributed by atoms with Gasteiger partial charge in [0.2, 0.25) is 0 Å². The largest absolute Gasteiger partial charge is 0.458 e. The van der Waals surface area contributed by atoms with Crippen LogP contribution < -0.4 is 0 Å². The second-order valence-electron chi connectivity index (χ2n) is 6.51. The second-order valence-corrected chi connectivity index (χ2v) is 6.51. The van der Waals surface area contributed by atoms with Crippen molar-refractivity contribution in [2.75, 3.05) is 0 Å². The topological polar surface area (TPSA) is 33.4 Å². The fraction of sp³-hybridized carbons (Fsp3) is 0.263. The van der Waals surface area contributed by atoms with E-state index >= 15 is 0 Å². The Bertz CT molecular complexity index is 748. The molecule has 0 aliphatic heterocycles. The molecule has 1 unspecified atom stereocenters. The van der Waals surface area contributed by atoms with Crippen LogP contribution in [0.5, 0.6) is 0 Å². The summed E-state index contributed by atoms with van der Waals surface area (Å²) in [5, 5.41) is 11.4. The van der Waals surface area contributed by atoms with Crippen LogP contribution in [-0.2, 0) is 0 Å². The molecule has 0 radical (unpaired) electrons. The lowest BCUT2D eigenvalue weighted by Crippen LogP contribution is -2.16. The lowest BCUT2D eigenvalue weighted by atomic mass is 9.88. The van der Waals surface area contributed by atoms with Gasteiger partial charge >= 0.3 is 0 Å². The molecule has 0 saturated heterocycles. The second kappa shape index (κ2) is 5.05. The number of aliphatic hydroxyl groups excluding tert-OH is 1. The van der Waals surface area contributed by atoms with Crippen LogP contribution in [0.3, 0.4) is 0 Å². The quantitative estimate of drug-likeness (QED) is 0.701. The fourth-order valence-electron chi connectivity index (χ4n) is 2.49. The van der Waals surface area contributed by atoms with Crippen molar-refractivity contribution in [2.24, 2.45) is 5.41 Å². The van der Waals surface area contributed by atoms with Gasteiger partial charge in [-0.3, -0.25) is 0 Å². The average Bonchev–Trinajstić information content (AvgIpc) is 2.90. The third kappa shape index (κ3) is 2.59. The molecule has 2 heteroatoms. The maximum atomic E-state index is 10.4. The lowest BCUT2D eigenvalue weighted by molar-refractivity contribution is 0.0448. The molecule has 0 saturated carbocycles. The van der Waals surface area contributed by atoms with E-state index < -0.39 is 6.10 Å². The molecule has 3 rings (SSSR count). The number of para-hydroxylation sites is 1. The highest BCUT2D eigenvalue weighted by atomic mass is 16.4. The summed E-state index contributed by atoms with van der Waals surface area (Å²) in [6.45, 7) is 6.01. The Morgan fingerprint density at radius 2 is 1.67 bits per heavy atom. The zero-order valence-electron chi connectivity index (χ0n) is 12.6. The number of aliphatic hydroxyl groups is 1. The number of hydrogen-bond acceptors (Lipinski definition) is 2. The molecular formula is C19H20O2. The van der Waals surface area contributed by atoms with Crippen molar-refractivity contribution in [1.29, 1.82) is 0 Å². The number of furan rings is 1. The molecule has 2 nitrogen and oxygen atoms in total. The minimum atomic E-state index is -0.617. The summed E-state index contributed by atoms with van der Waals surface area (Å²) in [7, 11) is 0. The van der Waals surface area contributed by atoms with Crippen LogP contribution in [0.2, 0.25) is 0 Å². The maximum absolute atomic E-state index is 10.4. The van der Waals surface area contributed by atoms with Crippen molar-refractivity contribution in [3.8, 4) is 11.1 Å². The first-order valence-electron chi connectivity index (χ1n) is 7.23. The van der Waals surface area contributed by atoms with E-state index in [9.17, 15) is 5.11 Å². The smallest absolute Gasteiger partial charge is 0.142 e. The summed E-state index contributed by atoms with van der Waals surface area (Å²) in [5.74, 6) is 0.626. The zero-order valence-corrected chi connectivity index (χ0v) is 12.6.